The molecular formula is C20H21BrN4. The highest BCUT2D eigenvalue weighted by atomic mass is 79.9. The van der Waals surface area contributed by atoms with Gasteiger partial charge >= 0.3 is 0 Å². The lowest BCUT2D eigenvalue weighted by molar-refractivity contribution is 0.880. The standard InChI is InChI=1S/C20H21BrN4/c1-14-9-10-17(11-18(14)21)24-19-12-20(23-15(2)22-19)25(3)13-16-7-5-4-6-8-16/h4-12H,13H2,1-3H3,(H,22,23,24). The first-order chi connectivity index (χ1) is 12.0. The van der Waals surface area contributed by atoms with Gasteiger partial charge in [-0.3, -0.25) is 0 Å². The molecule has 0 bridgehead atoms. The number of anilines is 3. The number of nitrogens with zero attached hydrogens (tertiary/aromatic N) is 3. The van der Waals surface area contributed by atoms with E-state index in [1.165, 1.54) is 11.1 Å². The molecule has 4 nitrogen and oxygen atoms in total. The van der Waals surface area contributed by atoms with Crippen LogP contribution in [0.1, 0.15) is 17.0 Å². The Kier molecular flexibility index (Phi) is 5.34. The van der Waals surface area contributed by atoms with Crippen LogP contribution in [0.5, 0.6) is 0 Å². The maximum atomic E-state index is 4.57. The molecule has 0 amide bonds. The Morgan fingerprint density at radius 1 is 1.00 bits per heavy atom. The molecule has 0 saturated heterocycles. The van der Waals surface area contributed by atoms with E-state index < -0.39 is 0 Å². The molecule has 0 fully saturated rings. The minimum atomic E-state index is 0.742. The molecule has 0 unspecified atom stereocenters. The van der Waals surface area contributed by atoms with Gasteiger partial charge in [-0.2, -0.15) is 0 Å². The van der Waals surface area contributed by atoms with Gasteiger partial charge in [0.1, 0.15) is 17.5 Å². The highest BCUT2D eigenvalue weighted by Gasteiger charge is 2.08. The van der Waals surface area contributed by atoms with Crippen LogP contribution in [0.25, 0.3) is 0 Å². The topological polar surface area (TPSA) is 41.1 Å². The van der Waals surface area contributed by atoms with Crippen LogP contribution in [-0.4, -0.2) is 17.0 Å². The van der Waals surface area contributed by atoms with Gasteiger partial charge < -0.3 is 10.2 Å². The molecule has 0 spiro atoms. The summed E-state index contributed by atoms with van der Waals surface area (Å²) in [5, 5.41) is 3.36. The van der Waals surface area contributed by atoms with Crippen LogP contribution < -0.4 is 10.2 Å². The van der Waals surface area contributed by atoms with Crippen molar-refractivity contribution < 1.29 is 0 Å². The van der Waals surface area contributed by atoms with Crippen molar-refractivity contribution in [1.82, 2.24) is 9.97 Å². The molecule has 1 heterocycles. The van der Waals surface area contributed by atoms with Gasteiger partial charge in [0.25, 0.3) is 0 Å². The summed E-state index contributed by atoms with van der Waals surface area (Å²) in [6.45, 7) is 4.78. The summed E-state index contributed by atoms with van der Waals surface area (Å²) in [5.41, 5.74) is 3.44. The number of aryl methyl sites for hydroxylation is 2. The number of nitrogens with one attached hydrogen (secondary N) is 1. The van der Waals surface area contributed by atoms with Crippen LogP contribution in [0.4, 0.5) is 17.3 Å². The smallest absolute Gasteiger partial charge is 0.136 e. The number of rotatable bonds is 5. The Balaban J connectivity index is 1.81. The fourth-order valence-electron chi connectivity index (χ4n) is 2.57. The molecule has 3 aromatic rings. The molecule has 0 radical (unpaired) electrons. The second-order valence-electron chi connectivity index (χ2n) is 6.09. The molecule has 1 aromatic heterocycles. The van der Waals surface area contributed by atoms with E-state index in [0.29, 0.717) is 0 Å². The summed E-state index contributed by atoms with van der Waals surface area (Å²) in [5.74, 6) is 2.43. The lowest BCUT2D eigenvalue weighted by Crippen LogP contribution is -2.18. The summed E-state index contributed by atoms with van der Waals surface area (Å²) < 4.78 is 1.07. The zero-order valence-corrected chi connectivity index (χ0v) is 16.2. The van der Waals surface area contributed by atoms with Gasteiger partial charge in [0.05, 0.1) is 0 Å². The molecular weight excluding hydrogens is 376 g/mol. The predicted molar refractivity (Wildman–Crippen MR) is 107 cm³/mol. The van der Waals surface area contributed by atoms with Crippen LogP contribution >= 0.6 is 15.9 Å². The van der Waals surface area contributed by atoms with E-state index in [9.17, 15) is 0 Å². The Labute approximate surface area is 157 Å². The third kappa shape index (κ3) is 4.57. The van der Waals surface area contributed by atoms with Crippen molar-refractivity contribution in [2.75, 3.05) is 17.3 Å². The van der Waals surface area contributed by atoms with Gasteiger partial charge in [-0.05, 0) is 37.1 Å². The monoisotopic (exact) mass is 396 g/mol. The van der Waals surface area contributed by atoms with Crippen LogP contribution in [0.3, 0.4) is 0 Å². The quantitative estimate of drug-likeness (QED) is 0.640. The van der Waals surface area contributed by atoms with Gasteiger partial charge in [0.2, 0.25) is 0 Å². The lowest BCUT2D eigenvalue weighted by Gasteiger charge is -2.19. The molecule has 2 aromatic carbocycles. The maximum Gasteiger partial charge on any atom is 0.136 e. The van der Waals surface area contributed by atoms with Crippen molar-refractivity contribution in [1.29, 1.82) is 0 Å². The Hall–Kier alpha value is -2.40. The van der Waals surface area contributed by atoms with Crippen molar-refractivity contribution in [2.45, 2.75) is 20.4 Å². The molecule has 3 rings (SSSR count). The third-order valence-corrected chi connectivity index (χ3v) is 4.78. The van der Waals surface area contributed by atoms with E-state index in [1.807, 2.05) is 32.2 Å². The largest absolute Gasteiger partial charge is 0.355 e. The van der Waals surface area contributed by atoms with Crippen molar-refractivity contribution in [3.8, 4) is 0 Å². The average Bonchev–Trinajstić information content (AvgIpc) is 2.58. The van der Waals surface area contributed by atoms with Crippen molar-refractivity contribution in [3.05, 3.63) is 76.0 Å². The lowest BCUT2D eigenvalue weighted by atomic mass is 10.2. The fraction of sp³-hybridized carbons (Fsp3) is 0.200. The minimum absolute atomic E-state index is 0.742. The average molecular weight is 397 g/mol. The van der Waals surface area contributed by atoms with Crippen LogP contribution in [0, 0.1) is 13.8 Å². The molecule has 0 aliphatic carbocycles. The van der Waals surface area contributed by atoms with Gasteiger partial charge in [-0.15, -0.1) is 0 Å². The second-order valence-corrected chi connectivity index (χ2v) is 6.94. The summed E-state index contributed by atoms with van der Waals surface area (Å²) in [6.07, 6.45) is 0. The Morgan fingerprint density at radius 2 is 1.76 bits per heavy atom. The zero-order valence-electron chi connectivity index (χ0n) is 14.6. The number of hydrogen-bond donors (Lipinski definition) is 1. The molecule has 0 atom stereocenters. The summed E-state index contributed by atoms with van der Waals surface area (Å²) in [6, 6.07) is 18.5. The number of halogens is 1. The van der Waals surface area contributed by atoms with Crippen molar-refractivity contribution in [2.24, 2.45) is 0 Å². The normalized spacial score (nSPS) is 10.6. The zero-order chi connectivity index (χ0) is 17.8. The van der Waals surface area contributed by atoms with E-state index in [0.717, 1.165) is 34.2 Å². The van der Waals surface area contributed by atoms with E-state index in [2.05, 4.69) is 79.4 Å². The second kappa shape index (κ2) is 7.66. The molecule has 25 heavy (non-hydrogen) atoms. The Bertz CT molecular complexity index is 865. The summed E-state index contributed by atoms with van der Waals surface area (Å²) in [4.78, 5) is 11.2. The maximum absolute atomic E-state index is 4.57. The number of benzene rings is 2. The molecule has 1 N–H and O–H groups in total. The van der Waals surface area contributed by atoms with Gasteiger partial charge in [-0.1, -0.05) is 52.3 Å². The number of aromatic nitrogens is 2. The van der Waals surface area contributed by atoms with Crippen LogP contribution in [0.2, 0.25) is 0 Å². The molecule has 5 heteroatoms. The molecule has 0 saturated carbocycles. The summed E-state index contributed by atoms with van der Waals surface area (Å²) in [7, 11) is 2.04. The van der Waals surface area contributed by atoms with E-state index >= 15 is 0 Å². The number of hydrogen-bond acceptors (Lipinski definition) is 4. The van der Waals surface area contributed by atoms with Crippen LogP contribution in [-0.2, 0) is 6.54 Å². The van der Waals surface area contributed by atoms with Crippen molar-refractivity contribution >= 4 is 33.3 Å². The predicted octanol–water partition coefficient (Wildman–Crippen LogP) is 5.24. The Morgan fingerprint density at radius 3 is 2.48 bits per heavy atom. The molecule has 128 valence electrons. The van der Waals surface area contributed by atoms with E-state index in [1.54, 1.807) is 0 Å². The highest BCUT2D eigenvalue weighted by molar-refractivity contribution is 9.10. The van der Waals surface area contributed by atoms with E-state index in [-0.39, 0.29) is 0 Å². The van der Waals surface area contributed by atoms with Crippen LogP contribution in [0.15, 0.2) is 59.1 Å². The fourth-order valence-corrected chi connectivity index (χ4v) is 2.95. The molecule has 0 aliphatic heterocycles. The summed E-state index contributed by atoms with van der Waals surface area (Å²) >= 11 is 3.57. The van der Waals surface area contributed by atoms with Crippen molar-refractivity contribution in [3.63, 3.8) is 0 Å². The van der Waals surface area contributed by atoms with Gasteiger partial charge in [0.15, 0.2) is 0 Å². The van der Waals surface area contributed by atoms with Gasteiger partial charge in [0, 0.05) is 29.8 Å². The van der Waals surface area contributed by atoms with Gasteiger partial charge in [-0.25, -0.2) is 9.97 Å². The third-order valence-electron chi connectivity index (χ3n) is 3.92. The first-order valence-electron chi connectivity index (χ1n) is 8.15. The minimum Gasteiger partial charge on any atom is -0.355 e. The highest BCUT2D eigenvalue weighted by Crippen LogP contribution is 2.24. The SMILES string of the molecule is Cc1nc(Nc2ccc(C)c(Br)c2)cc(N(C)Cc2ccccc2)n1. The first kappa shape index (κ1) is 17.4. The van der Waals surface area contributed by atoms with E-state index in [4.69, 9.17) is 0 Å². The first-order valence-corrected chi connectivity index (χ1v) is 8.94. The molecule has 0 aliphatic rings.